The summed E-state index contributed by atoms with van der Waals surface area (Å²) in [6.45, 7) is 1.41. The summed E-state index contributed by atoms with van der Waals surface area (Å²) in [7, 11) is 2.16. The fourth-order valence-corrected chi connectivity index (χ4v) is 3.87. The van der Waals surface area contributed by atoms with Gasteiger partial charge in [-0.3, -0.25) is 4.90 Å². The Labute approximate surface area is 109 Å². The Balaban J connectivity index is 1.68. The fourth-order valence-electron chi connectivity index (χ4n) is 3.87. The summed E-state index contributed by atoms with van der Waals surface area (Å²) >= 11 is 0. The summed E-state index contributed by atoms with van der Waals surface area (Å²) in [4.78, 5) is 2.39. The zero-order valence-corrected chi connectivity index (χ0v) is 11.3. The average molecular weight is 255 g/mol. The lowest BCUT2D eigenvalue weighted by atomic mass is 9.86. The lowest BCUT2D eigenvalue weighted by Gasteiger charge is -2.44. The molecule has 0 radical (unpaired) electrons. The minimum atomic E-state index is -0.392. The van der Waals surface area contributed by atoms with Gasteiger partial charge in [0.15, 0.2) is 5.79 Å². The standard InChI is InChI=1S/C14H25NO3/c1-15(11-4-2-3-5-11)12-10-14(7-6-13(12)16)17-8-9-18-14/h11-13,16H,2-10H2,1H3. The molecule has 4 nitrogen and oxygen atoms in total. The number of aliphatic hydroxyl groups is 1. The van der Waals surface area contributed by atoms with Crippen LogP contribution in [0.2, 0.25) is 0 Å². The Morgan fingerprint density at radius 1 is 1.11 bits per heavy atom. The molecule has 18 heavy (non-hydrogen) atoms. The maximum absolute atomic E-state index is 10.3. The van der Waals surface area contributed by atoms with E-state index in [9.17, 15) is 5.11 Å². The highest BCUT2D eigenvalue weighted by Crippen LogP contribution is 2.39. The van der Waals surface area contributed by atoms with Crippen molar-refractivity contribution in [2.24, 2.45) is 0 Å². The summed E-state index contributed by atoms with van der Waals surface area (Å²) in [5.41, 5.74) is 0. The van der Waals surface area contributed by atoms with E-state index >= 15 is 0 Å². The van der Waals surface area contributed by atoms with Gasteiger partial charge in [0.1, 0.15) is 0 Å². The van der Waals surface area contributed by atoms with E-state index in [-0.39, 0.29) is 12.1 Å². The quantitative estimate of drug-likeness (QED) is 0.812. The molecular formula is C14H25NO3. The van der Waals surface area contributed by atoms with Crippen LogP contribution in [-0.4, -0.2) is 54.2 Å². The van der Waals surface area contributed by atoms with Crippen LogP contribution in [0, 0.1) is 0 Å². The zero-order valence-electron chi connectivity index (χ0n) is 11.3. The van der Waals surface area contributed by atoms with Crippen molar-refractivity contribution in [3.63, 3.8) is 0 Å². The smallest absolute Gasteiger partial charge is 0.170 e. The van der Waals surface area contributed by atoms with Gasteiger partial charge in [0, 0.05) is 24.9 Å². The van der Waals surface area contributed by atoms with Crippen LogP contribution in [0.1, 0.15) is 44.9 Å². The second-order valence-electron chi connectivity index (χ2n) is 6.09. The Kier molecular flexibility index (Phi) is 3.63. The van der Waals surface area contributed by atoms with E-state index in [1.807, 2.05) is 0 Å². The molecule has 3 aliphatic rings. The average Bonchev–Trinajstić information content (AvgIpc) is 3.04. The molecule has 3 rings (SSSR count). The highest BCUT2D eigenvalue weighted by Gasteiger charge is 2.46. The number of rotatable bonds is 2. The number of aliphatic hydroxyl groups excluding tert-OH is 1. The third-order valence-electron chi connectivity index (χ3n) is 5.02. The normalized spacial score (nSPS) is 36.8. The molecule has 0 aromatic heterocycles. The molecule has 1 aliphatic heterocycles. The second kappa shape index (κ2) is 5.08. The van der Waals surface area contributed by atoms with Gasteiger partial charge in [0.2, 0.25) is 0 Å². The van der Waals surface area contributed by atoms with Crippen molar-refractivity contribution in [1.29, 1.82) is 0 Å². The molecule has 0 amide bonds. The summed E-state index contributed by atoms with van der Waals surface area (Å²) in [5.74, 6) is -0.392. The van der Waals surface area contributed by atoms with Gasteiger partial charge in [-0.25, -0.2) is 0 Å². The summed E-state index contributed by atoms with van der Waals surface area (Å²) < 4.78 is 11.6. The molecule has 4 heteroatoms. The monoisotopic (exact) mass is 255 g/mol. The minimum absolute atomic E-state index is 0.194. The van der Waals surface area contributed by atoms with E-state index in [2.05, 4.69) is 11.9 Å². The first-order chi connectivity index (χ1) is 8.70. The first kappa shape index (κ1) is 12.9. The molecule has 2 unspecified atom stereocenters. The lowest BCUT2D eigenvalue weighted by molar-refractivity contribution is -0.205. The molecule has 1 spiro atoms. The molecular weight excluding hydrogens is 230 g/mol. The third kappa shape index (κ3) is 2.31. The molecule has 0 bridgehead atoms. The Bertz CT molecular complexity index is 285. The second-order valence-corrected chi connectivity index (χ2v) is 6.09. The van der Waals surface area contributed by atoms with E-state index in [0.29, 0.717) is 19.3 Å². The van der Waals surface area contributed by atoms with Gasteiger partial charge in [0.05, 0.1) is 19.3 Å². The van der Waals surface area contributed by atoms with E-state index < -0.39 is 5.79 Å². The minimum Gasteiger partial charge on any atom is -0.391 e. The molecule has 1 saturated heterocycles. The number of nitrogens with zero attached hydrogens (tertiary/aromatic N) is 1. The van der Waals surface area contributed by atoms with Crippen LogP contribution in [-0.2, 0) is 9.47 Å². The van der Waals surface area contributed by atoms with Crippen LogP contribution in [0.15, 0.2) is 0 Å². The number of ether oxygens (including phenoxy) is 2. The third-order valence-corrected chi connectivity index (χ3v) is 5.02. The Morgan fingerprint density at radius 2 is 1.78 bits per heavy atom. The van der Waals surface area contributed by atoms with Gasteiger partial charge >= 0.3 is 0 Å². The predicted molar refractivity (Wildman–Crippen MR) is 68.3 cm³/mol. The summed E-state index contributed by atoms with van der Waals surface area (Å²) in [6.07, 6.45) is 7.43. The van der Waals surface area contributed by atoms with E-state index in [1.54, 1.807) is 0 Å². The van der Waals surface area contributed by atoms with Gasteiger partial charge < -0.3 is 14.6 Å². The molecule has 1 heterocycles. The van der Waals surface area contributed by atoms with E-state index in [4.69, 9.17) is 9.47 Å². The lowest BCUT2D eigenvalue weighted by Crippen LogP contribution is -2.54. The zero-order chi connectivity index (χ0) is 12.6. The Morgan fingerprint density at radius 3 is 2.44 bits per heavy atom. The first-order valence-corrected chi connectivity index (χ1v) is 7.38. The van der Waals surface area contributed by atoms with Crippen LogP contribution in [0.5, 0.6) is 0 Å². The van der Waals surface area contributed by atoms with Crippen LogP contribution in [0.4, 0.5) is 0 Å². The van der Waals surface area contributed by atoms with Crippen molar-refractivity contribution < 1.29 is 14.6 Å². The topological polar surface area (TPSA) is 41.9 Å². The molecule has 0 aromatic rings. The van der Waals surface area contributed by atoms with Gasteiger partial charge in [-0.05, 0) is 26.3 Å². The van der Waals surface area contributed by atoms with Crippen LogP contribution >= 0.6 is 0 Å². The Hall–Kier alpha value is -0.160. The highest BCUT2D eigenvalue weighted by atomic mass is 16.7. The molecule has 2 saturated carbocycles. The molecule has 104 valence electrons. The molecule has 2 aliphatic carbocycles. The van der Waals surface area contributed by atoms with Crippen molar-refractivity contribution in [2.75, 3.05) is 20.3 Å². The van der Waals surface area contributed by atoms with E-state index in [0.717, 1.165) is 19.3 Å². The molecule has 2 atom stereocenters. The van der Waals surface area contributed by atoms with Crippen LogP contribution in [0.25, 0.3) is 0 Å². The maximum Gasteiger partial charge on any atom is 0.170 e. The van der Waals surface area contributed by atoms with E-state index in [1.165, 1.54) is 25.7 Å². The highest BCUT2D eigenvalue weighted by molar-refractivity contribution is 4.94. The molecule has 3 fully saturated rings. The fraction of sp³-hybridized carbons (Fsp3) is 1.00. The predicted octanol–water partition coefficient (Wildman–Crippen LogP) is 1.52. The van der Waals surface area contributed by atoms with Crippen molar-refractivity contribution in [3.8, 4) is 0 Å². The van der Waals surface area contributed by atoms with Crippen LogP contribution < -0.4 is 0 Å². The van der Waals surface area contributed by atoms with Crippen molar-refractivity contribution in [2.45, 2.75) is 68.9 Å². The van der Waals surface area contributed by atoms with Gasteiger partial charge in [0.25, 0.3) is 0 Å². The van der Waals surface area contributed by atoms with Crippen LogP contribution in [0.3, 0.4) is 0 Å². The summed E-state index contributed by atoms with van der Waals surface area (Å²) in [5, 5.41) is 10.3. The number of hydrogen-bond acceptors (Lipinski definition) is 4. The SMILES string of the molecule is CN(C1CCCC1)C1CC2(CCC1O)OCCO2. The van der Waals surface area contributed by atoms with Gasteiger partial charge in [-0.1, -0.05) is 12.8 Å². The van der Waals surface area contributed by atoms with Crippen molar-refractivity contribution in [1.82, 2.24) is 4.90 Å². The summed E-state index contributed by atoms with van der Waals surface area (Å²) in [6, 6.07) is 0.834. The van der Waals surface area contributed by atoms with Crippen molar-refractivity contribution >= 4 is 0 Å². The number of hydrogen-bond donors (Lipinski definition) is 1. The molecule has 0 aromatic carbocycles. The molecule has 1 N–H and O–H groups in total. The number of likely N-dealkylation sites (N-methyl/N-ethyl adjacent to an activating group) is 1. The van der Waals surface area contributed by atoms with Gasteiger partial charge in [-0.15, -0.1) is 0 Å². The first-order valence-electron chi connectivity index (χ1n) is 7.38. The maximum atomic E-state index is 10.3. The van der Waals surface area contributed by atoms with Gasteiger partial charge in [-0.2, -0.15) is 0 Å². The largest absolute Gasteiger partial charge is 0.391 e. The van der Waals surface area contributed by atoms with Crippen molar-refractivity contribution in [3.05, 3.63) is 0 Å².